The Labute approximate surface area is 82.4 Å². The topological polar surface area (TPSA) is 12.9 Å². The Morgan fingerprint density at radius 2 is 1.80 bits per heavy atom. The number of fused-ring (bicyclic) bond motifs is 1. The number of aromatic nitrogens is 1. The van der Waals surface area contributed by atoms with Crippen molar-refractivity contribution in [3.8, 4) is 0 Å². The second-order valence-corrected chi connectivity index (χ2v) is 3.02. The lowest BCUT2D eigenvalue weighted by Crippen LogP contribution is -2.04. The van der Waals surface area contributed by atoms with Crippen LogP contribution in [0.25, 0.3) is 10.9 Å². The first-order valence-electron chi connectivity index (χ1n) is 4.10. The number of rotatable bonds is 0. The number of halogens is 4. The minimum atomic E-state index is -4.43. The van der Waals surface area contributed by atoms with Gasteiger partial charge in [-0.3, -0.25) is 4.98 Å². The van der Waals surface area contributed by atoms with E-state index in [0.717, 1.165) is 30.5 Å². The van der Waals surface area contributed by atoms with E-state index in [-0.39, 0.29) is 10.9 Å². The van der Waals surface area contributed by atoms with Crippen molar-refractivity contribution in [3.05, 3.63) is 41.8 Å². The minimum absolute atomic E-state index is 0.00447. The molecule has 0 radical (unpaired) electrons. The monoisotopic (exact) mass is 215 g/mol. The third kappa shape index (κ3) is 1.77. The average molecular weight is 215 g/mol. The van der Waals surface area contributed by atoms with Crippen LogP contribution in [-0.4, -0.2) is 4.98 Å². The number of alkyl halides is 3. The Morgan fingerprint density at radius 3 is 2.47 bits per heavy atom. The van der Waals surface area contributed by atoms with Crippen LogP contribution in [0.3, 0.4) is 0 Å². The molecule has 0 aliphatic carbocycles. The zero-order chi connectivity index (χ0) is 11.1. The Hall–Kier alpha value is -1.65. The smallest absolute Gasteiger partial charge is 0.256 e. The molecule has 0 bridgehead atoms. The minimum Gasteiger partial charge on any atom is -0.256 e. The lowest BCUT2D eigenvalue weighted by atomic mass is 10.1. The third-order valence-corrected chi connectivity index (χ3v) is 2.02. The number of pyridine rings is 1. The highest BCUT2D eigenvalue weighted by Crippen LogP contribution is 2.31. The Balaban J connectivity index is 2.68. The number of benzene rings is 1. The molecule has 1 heterocycles. The van der Waals surface area contributed by atoms with E-state index < -0.39 is 17.6 Å². The first kappa shape index (κ1) is 9.89. The van der Waals surface area contributed by atoms with Crippen molar-refractivity contribution >= 4 is 10.9 Å². The molecule has 1 nitrogen and oxygen atoms in total. The van der Waals surface area contributed by atoms with Crippen LogP contribution < -0.4 is 0 Å². The van der Waals surface area contributed by atoms with Gasteiger partial charge >= 0.3 is 6.18 Å². The number of hydrogen-bond donors (Lipinski definition) is 0. The Bertz CT molecular complexity index is 504. The van der Waals surface area contributed by atoms with E-state index in [9.17, 15) is 17.6 Å². The highest BCUT2D eigenvalue weighted by Gasteiger charge is 2.30. The predicted octanol–water partition coefficient (Wildman–Crippen LogP) is 3.39. The zero-order valence-electron chi connectivity index (χ0n) is 7.35. The van der Waals surface area contributed by atoms with E-state index in [0.29, 0.717) is 0 Å². The number of nitrogens with zero attached hydrogens (tertiary/aromatic N) is 1. The molecule has 2 aromatic rings. The first-order valence-corrected chi connectivity index (χ1v) is 4.10. The van der Waals surface area contributed by atoms with Crippen LogP contribution in [0.5, 0.6) is 0 Å². The van der Waals surface area contributed by atoms with Crippen LogP contribution in [0.4, 0.5) is 17.6 Å². The fourth-order valence-corrected chi connectivity index (χ4v) is 1.29. The summed E-state index contributed by atoms with van der Waals surface area (Å²) in [6, 6.07) is 3.86. The summed E-state index contributed by atoms with van der Waals surface area (Å²) in [6.45, 7) is 0. The molecule has 0 saturated heterocycles. The SMILES string of the molecule is Fc1ccnc2cc(C(F)(F)F)ccc12. The van der Waals surface area contributed by atoms with Crippen molar-refractivity contribution in [2.45, 2.75) is 6.18 Å². The molecule has 78 valence electrons. The van der Waals surface area contributed by atoms with Crippen LogP contribution in [-0.2, 0) is 6.18 Å². The van der Waals surface area contributed by atoms with Gasteiger partial charge in [0.25, 0.3) is 0 Å². The second-order valence-electron chi connectivity index (χ2n) is 3.02. The average Bonchev–Trinajstić information content (AvgIpc) is 2.16. The summed E-state index contributed by atoms with van der Waals surface area (Å²) in [4.78, 5) is 3.68. The third-order valence-electron chi connectivity index (χ3n) is 2.02. The molecule has 0 aliphatic heterocycles. The van der Waals surface area contributed by atoms with Crippen LogP contribution in [0, 0.1) is 5.82 Å². The van der Waals surface area contributed by atoms with Gasteiger partial charge in [-0.1, -0.05) is 0 Å². The molecule has 0 aliphatic rings. The van der Waals surface area contributed by atoms with Crippen LogP contribution >= 0.6 is 0 Å². The summed E-state index contributed by atoms with van der Waals surface area (Å²) in [7, 11) is 0. The van der Waals surface area contributed by atoms with E-state index in [1.165, 1.54) is 0 Å². The molecule has 0 saturated carbocycles. The molecule has 5 heteroatoms. The highest BCUT2D eigenvalue weighted by atomic mass is 19.4. The van der Waals surface area contributed by atoms with Gasteiger partial charge in [0.15, 0.2) is 0 Å². The summed E-state index contributed by atoms with van der Waals surface area (Å²) < 4.78 is 50.0. The largest absolute Gasteiger partial charge is 0.416 e. The van der Waals surface area contributed by atoms with Gasteiger partial charge in [0.2, 0.25) is 0 Å². The van der Waals surface area contributed by atoms with Crippen molar-refractivity contribution in [1.82, 2.24) is 4.98 Å². The highest BCUT2D eigenvalue weighted by molar-refractivity contribution is 5.79. The molecule has 0 fully saturated rings. The molecule has 0 amide bonds. The molecule has 0 spiro atoms. The van der Waals surface area contributed by atoms with Gasteiger partial charge in [-0.25, -0.2) is 4.39 Å². The van der Waals surface area contributed by atoms with Gasteiger partial charge in [0.1, 0.15) is 5.82 Å². The second kappa shape index (κ2) is 3.18. The van der Waals surface area contributed by atoms with Gasteiger partial charge < -0.3 is 0 Å². The van der Waals surface area contributed by atoms with Crippen molar-refractivity contribution in [3.63, 3.8) is 0 Å². The van der Waals surface area contributed by atoms with E-state index in [1.54, 1.807) is 0 Å². The first-order chi connectivity index (χ1) is 6.98. The summed E-state index contributed by atoms with van der Waals surface area (Å²) in [5.74, 6) is -0.575. The Kier molecular flexibility index (Phi) is 2.10. The van der Waals surface area contributed by atoms with Gasteiger partial charge in [-0.05, 0) is 24.3 Å². The molecule has 1 aromatic heterocycles. The molecule has 15 heavy (non-hydrogen) atoms. The molecular formula is C10H5F4N. The molecule has 0 N–H and O–H groups in total. The Morgan fingerprint density at radius 1 is 1.07 bits per heavy atom. The normalized spacial score (nSPS) is 12.0. The van der Waals surface area contributed by atoms with Gasteiger partial charge in [0.05, 0.1) is 11.1 Å². The van der Waals surface area contributed by atoms with E-state index in [2.05, 4.69) is 4.98 Å². The van der Waals surface area contributed by atoms with Crippen LogP contribution in [0.2, 0.25) is 0 Å². The van der Waals surface area contributed by atoms with Crippen molar-refractivity contribution < 1.29 is 17.6 Å². The van der Waals surface area contributed by atoms with Gasteiger partial charge in [-0.15, -0.1) is 0 Å². The fourth-order valence-electron chi connectivity index (χ4n) is 1.29. The van der Waals surface area contributed by atoms with E-state index in [1.807, 2.05) is 0 Å². The van der Waals surface area contributed by atoms with Crippen molar-refractivity contribution in [2.75, 3.05) is 0 Å². The fraction of sp³-hybridized carbons (Fsp3) is 0.100. The molecule has 2 rings (SSSR count). The lowest BCUT2D eigenvalue weighted by molar-refractivity contribution is -0.137. The summed E-state index contributed by atoms with van der Waals surface area (Å²) in [5.41, 5.74) is -0.821. The summed E-state index contributed by atoms with van der Waals surface area (Å²) in [6.07, 6.45) is -3.29. The molecule has 0 atom stereocenters. The quantitative estimate of drug-likeness (QED) is 0.614. The summed E-state index contributed by atoms with van der Waals surface area (Å²) >= 11 is 0. The molecule has 0 unspecified atom stereocenters. The van der Waals surface area contributed by atoms with Crippen LogP contribution in [0.1, 0.15) is 5.56 Å². The van der Waals surface area contributed by atoms with Crippen molar-refractivity contribution in [2.24, 2.45) is 0 Å². The predicted molar refractivity (Wildman–Crippen MR) is 46.7 cm³/mol. The van der Waals surface area contributed by atoms with Gasteiger partial charge in [-0.2, -0.15) is 13.2 Å². The van der Waals surface area contributed by atoms with E-state index in [4.69, 9.17) is 0 Å². The zero-order valence-corrected chi connectivity index (χ0v) is 7.35. The van der Waals surface area contributed by atoms with Crippen molar-refractivity contribution in [1.29, 1.82) is 0 Å². The maximum atomic E-state index is 13.1. The maximum absolute atomic E-state index is 13.1. The van der Waals surface area contributed by atoms with E-state index >= 15 is 0 Å². The standard InChI is InChI=1S/C10H5F4N/c11-8-3-4-15-9-5-6(10(12,13)14)1-2-7(8)9/h1-5H. The van der Waals surface area contributed by atoms with Crippen LogP contribution in [0.15, 0.2) is 30.5 Å². The molecule has 1 aromatic carbocycles. The summed E-state index contributed by atoms with van der Waals surface area (Å²) in [5, 5.41) is 0.0884. The molecular weight excluding hydrogens is 210 g/mol. The number of hydrogen-bond acceptors (Lipinski definition) is 1. The maximum Gasteiger partial charge on any atom is 0.416 e. The lowest BCUT2D eigenvalue weighted by Gasteiger charge is -2.07. The van der Waals surface area contributed by atoms with Gasteiger partial charge in [0, 0.05) is 11.6 Å².